The number of hydrogen-bond acceptors (Lipinski definition) is 4. The third kappa shape index (κ3) is 3.90. The molecule has 2 aromatic rings. The number of pyridine rings is 1. The van der Waals surface area contributed by atoms with E-state index in [1.54, 1.807) is 18.0 Å². The zero-order chi connectivity index (χ0) is 18.5. The zero-order valence-electron chi connectivity index (χ0n) is 15.0. The number of likely N-dealkylation sites (tertiary alicyclic amines) is 1. The van der Waals surface area contributed by atoms with Crippen molar-refractivity contribution in [2.24, 2.45) is 5.92 Å². The van der Waals surface area contributed by atoms with Crippen LogP contribution in [-0.2, 0) is 10.5 Å². The lowest BCUT2D eigenvalue weighted by atomic mass is 10.0. The number of rotatable bonds is 6. The Morgan fingerprint density at radius 1 is 1.23 bits per heavy atom. The minimum atomic E-state index is -0.317. The Hall–Kier alpha value is -2.34. The molecule has 6 heteroatoms. The van der Waals surface area contributed by atoms with Gasteiger partial charge >= 0.3 is 6.03 Å². The van der Waals surface area contributed by atoms with E-state index in [0.717, 1.165) is 17.7 Å². The number of imide groups is 1. The summed E-state index contributed by atoms with van der Waals surface area (Å²) in [7, 11) is 0. The predicted molar refractivity (Wildman–Crippen MR) is 103 cm³/mol. The maximum absolute atomic E-state index is 12.7. The standard InChI is InChI=1S/C20H23N3O2S/c1-3-17(15-9-5-4-6-10-15)22-20(25)23-18(24)14(2)19(23)26-13-16-11-7-8-12-21-16/h4-12,14,17,19H,3,13H2,1-2H3,(H,22,25)/t14-,17+,19+/m0/s1. The van der Waals surface area contributed by atoms with Gasteiger partial charge in [-0.05, 0) is 24.1 Å². The van der Waals surface area contributed by atoms with Gasteiger partial charge in [0.25, 0.3) is 0 Å². The van der Waals surface area contributed by atoms with Crippen molar-refractivity contribution in [3.05, 3.63) is 66.0 Å². The van der Waals surface area contributed by atoms with Gasteiger partial charge in [0.05, 0.1) is 23.0 Å². The number of nitrogens with zero attached hydrogens (tertiary/aromatic N) is 2. The minimum Gasteiger partial charge on any atom is -0.331 e. The summed E-state index contributed by atoms with van der Waals surface area (Å²) in [6.07, 6.45) is 2.51. The molecule has 0 bridgehead atoms. The number of urea groups is 1. The second-order valence-electron chi connectivity index (χ2n) is 6.34. The molecule has 3 atom stereocenters. The smallest absolute Gasteiger partial charge is 0.325 e. The zero-order valence-corrected chi connectivity index (χ0v) is 15.8. The average Bonchev–Trinajstić information content (AvgIpc) is 2.69. The highest BCUT2D eigenvalue weighted by atomic mass is 32.2. The fourth-order valence-electron chi connectivity index (χ4n) is 3.02. The molecule has 1 aliphatic heterocycles. The molecule has 5 nitrogen and oxygen atoms in total. The molecule has 1 N–H and O–H groups in total. The van der Waals surface area contributed by atoms with Crippen molar-refractivity contribution in [1.29, 1.82) is 0 Å². The van der Waals surface area contributed by atoms with Crippen LogP contribution >= 0.6 is 11.8 Å². The Balaban J connectivity index is 1.64. The molecule has 1 aromatic heterocycles. The molecule has 136 valence electrons. The summed E-state index contributed by atoms with van der Waals surface area (Å²) in [4.78, 5) is 30.6. The van der Waals surface area contributed by atoms with Gasteiger partial charge in [-0.1, -0.05) is 50.2 Å². The summed E-state index contributed by atoms with van der Waals surface area (Å²) in [6.45, 7) is 3.89. The molecule has 1 saturated heterocycles. The molecule has 3 amide bonds. The Morgan fingerprint density at radius 2 is 1.96 bits per heavy atom. The third-order valence-corrected chi connectivity index (χ3v) is 5.99. The van der Waals surface area contributed by atoms with Crippen LogP contribution in [0.4, 0.5) is 4.79 Å². The number of hydrogen-bond donors (Lipinski definition) is 1. The van der Waals surface area contributed by atoms with Crippen LogP contribution < -0.4 is 5.32 Å². The first kappa shape index (κ1) is 18.5. The molecule has 3 rings (SSSR count). The molecule has 26 heavy (non-hydrogen) atoms. The van der Waals surface area contributed by atoms with Crippen LogP contribution in [0.3, 0.4) is 0 Å². The summed E-state index contributed by atoms with van der Waals surface area (Å²) in [6, 6.07) is 15.2. The number of thioether (sulfide) groups is 1. The Morgan fingerprint density at radius 3 is 2.62 bits per heavy atom. The molecule has 1 fully saturated rings. The van der Waals surface area contributed by atoms with Crippen molar-refractivity contribution in [3.8, 4) is 0 Å². The largest absolute Gasteiger partial charge is 0.331 e. The first-order valence-electron chi connectivity index (χ1n) is 8.81. The lowest BCUT2D eigenvalue weighted by Crippen LogP contribution is -2.63. The van der Waals surface area contributed by atoms with Crippen molar-refractivity contribution >= 4 is 23.7 Å². The number of β-lactam (4-membered cyclic amide) rings is 1. The van der Waals surface area contributed by atoms with Crippen LogP contribution in [0.2, 0.25) is 0 Å². The molecular weight excluding hydrogens is 346 g/mol. The van der Waals surface area contributed by atoms with Crippen LogP contribution in [0, 0.1) is 5.92 Å². The van der Waals surface area contributed by atoms with Gasteiger partial charge < -0.3 is 5.32 Å². The van der Waals surface area contributed by atoms with Crippen molar-refractivity contribution in [2.75, 3.05) is 0 Å². The highest BCUT2D eigenvalue weighted by Gasteiger charge is 2.48. The first-order valence-corrected chi connectivity index (χ1v) is 9.86. The summed E-state index contributed by atoms with van der Waals surface area (Å²) in [5, 5.41) is 2.85. The SMILES string of the molecule is CC[C@@H](NC(=O)N1C(=O)[C@H](C)[C@H]1SCc1ccccn1)c1ccccc1. The topological polar surface area (TPSA) is 62.3 Å². The van der Waals surface area contributed by atoms with E-state index in [2.05, 4.69) is 10.3 Å². The molecule has 0 spiro atoms. The number of amides is 3. The van der Waals surface area contributed by atoms with Gasteiger partial charge in [-0.25, -0.2) is 4.79 Å². The summed E-state index contributed by atoms with van der Waals surface area (Å²) >= 11 is 1.58. The Kier molecular flexibility index (Phi) is 5.93. The summed E-state index contributed by atoms with van der Waals surface area (Å²) in [5.41, 5.74) is 1.99. The van der Waals surface area contributed by atoms with Gasteiger partial charge in [-0.15, -0.1) is 11.8 Å². The molecule has 0 unspecified atom stereocenters. The van der Waals surface area contributed by atoms with Gasteiger partial charge in [0, 0.05) is 11.9 Å². The lowest BCUT2D eigenvalue weighted by Gasteiger charge is -2.43. The number of benzene rings is 1. The van der Waals surface area contributed by atoms with Crippen molar-refractivity contribution < 1.29 is 9.59 Å². The average molecular weight is 369 g/mol. The normalized spacial score (nSPS) is 20.4. The maximum atomic E-state index is 12.7. The minimum absolute atomic E-state index is 0.103. The molecule has 2 heterocycles. The number of carbonyl (C=O) groups is 2. The van der Waals surface area contributed by atoms with Gasteiger partial charge in [0.2, 0.25) is 5.91 Å². The lowest BCUT2D eigenvalue weighted by molar-refractivity contribution is -0.143. The fourth-order valence-corrected chi connectivity index (χ4v) is 4.29. The summed E-state index contributed by atoms with van der Waals surface area (Å²) in [5.74, 6) is 0.387. The molecule has 0 saturated carbocycles. The maximum Gasteiger partial charge on any atom is 0.325 e. The van der Waals surface area contributed by atoms with Gasteiger partial charge in [-0.3, -0.25) is 14.7 Å². The quantitative estimate of drug-likeness (QED) is 0.783. The number of aromatic nitrogens is 1. The van der Waals surface area contributed by atoms with E-state index in [-0.39, 0.29) is 29.3 Å². The molecule has 0 radical (unpaired) electrons. The highest BCUT2D eigenvalue weighted by molar-refractivity contribution is 7.99. The van der Waals surface area contributed by atoms with E-state index in [0.29, 0.717) is 5.75 Å². The van der Waals surface area contributed by atoms with Crippen molar-refractivity contribution in [1.82, 2.24) is 15.2 Å². The van der Waals surface area contributed by atoms with Crippen LogP contribution in [0.15, 0.2) is 54.7 Å². The Labute approximate surface area is 158 Å². The second kappa shape index (κ2) is 8.36. The first-order chi connectivity index (χ1) is 12.6. The molecule has 1 aliphatic rings. The monoisotopic (exact) mass is 369 g/mol. The fraction of sp³-hybridized carbons (Fsp3) is 0.350. The second-order valence-corrected chi connectivity index (χ2v) is 7.45. The van der Waals surface area contributed by atoms with Crippen molar-refractivity contribution in [2.45, 2.75) is 37.4 Å². The van der Waals surface area contributed by atoms with Gasteiger partial charge in [0.1, 0.15) is 0 Å². The van der Waals surface area contributed by atoms with Crippen LogP contribution in [-0.4, -0.2) is 27.2 Å². The third-order valence-electron chi connectivity index (χ3n) is 4.56. The molecular formula is C20H23N3O2S. The molecule has 0 aliphatic carbocycles. The van der Waals surface area contributed by atoms with E-state index in [4.69, 9.17) is 0 Å². The van der Waals surface area contributed by atoms with Crippen molar-refractivity contribution in [3.63, 3.8) is 0 Å². The van der Waals surface area contributed by atoms with E-state index < -0.39 is 0 Å². The van der Waals surface area contributed by atoms with E-state index in [9.17, 15) is 9.59 Å². The Bertz CT molecular complexity index is 754. The number of nitrogens with one attached hydrogen (secondary N) is 1. The molecule has 1 aromatic carbocycles. The highest BCUT2D eigenvalue weighted by Crippen LogP contribution is 2.36. The van der Waals surface area contributed by atoms with Gasteiger partial charge in [-0.2, -0.15) is 0 Å². The van der Waals surface area contributed by atoms with Crippen LogP contribution in [0.25, 0.3) is 0 Å². The van der Waals surface area contributed by atoms with Crippen LogP contribution in [0.5, 0.6) is 0 Å². The van der Waals surface area contributed by atoms with Crippen LogP contribution in [0.1, 0.15) is 37.6 Å². The predicted octanol–water partition coefficient (Wildman–Crippen LogP) is 3.98. The summed E-state index contributed by atoms with van der Waals surface area (Å²) < 4.78 is 0. The van der Waals surface area contributed by atoms with E-state index >= 15 is 0 Å². The van der Waals surface area contributed by atoms with Gasteiger partial charge in [0.15, 0.2) is 0 Å². The van der Waals surface area contributed by atoms with E-state index in [1.807, 2.05) is 62.4 Å². The number of carbonyl (C=O) groups excluding carboxylic acids is 2. The van der Waals surface area contributed by atoms with E-state index in [1.165, 1.54) is 4.90 Å².